The molecular weight excluding hydrogens is 639 g/mol. The van der Waals surface area contributed by atoms with E-state index in [9.17, 15) is 19.2 Å². The molecule has 0 spiro atoms. The van der Waals surface area contributed by atoms with E-state index in [0.29, 0.717) is 10.6 Å². The van der Waals surface area contributed by atoms with Crippen LogP contribution in [0.1, 0.15) is 54.8 Å². The van der Waals surface area contributed by atoms with Crippen LogP contribution in [-0.2, 0) is 9.59 Å². The number of hydrogen-bond acceptors (Lipinski definition) is 4. The summed E-state index contributed by atoms with van der Waals surface area (Å²) in [5.74, 6) is -4.34. The third-order valence-corrected chi connectivity index (χ3v) is 9.60. The molecule has 0 aromatic heterocycles. The first kappa shape index (κ1) is 27.1. The fourth-order valence-corrected chi connectivity index (χ4v) is 7.55. The quantitative estimate of drug-likeness (QED) is 0.173. The van der Waals surface area contributed by atoms with Gasteiger partial charge in [0.1, 0.15) is 6.54 Å². The maximum atomic E-state index is 14.4. The zero-order valence-electron chi connectivity index (χ0n) is 21.8. The Morgan fingerprint density at radius 1 is 0.738 bits per heavy atom. The van der Waals surface area contributed by atoms with Crippen molar-refractivity contribution in [2.75, 3.05) is 6.54 Å². The lowest BCUT2D eigenvalue weighted by Crippen LogP contribution is -2.52. The van der Waals surface area contributed by atoms with Gasteiger partial charge in [0.2, 0.25) is 0 Å². The molecule has 4 aliphatic rings. The van der Waals surface area contributed by atoms with E-state index in [4.69, 9.17) is 23.2 Å². The molecule has 0 radical (unpaired) electrons. The number of imide groups is 1. The van der Waals surface area contributed by atoms with Crippen molar-refractivity contribution in [3.05, 3.63) is 139 Å². The van der Waals surface area contributed by atoms with Crippen molar-refractivity contribution in [2.24, 2.45) is 11.8 Å². The Morgan fingerprint density at radius 2 is 1.24 bits per heavy atom. The molecule has 3 amide bonds. The number of Topliss-reactive ketones (excluding diaryl/α,β-unsaturated/α-hetero) is 1. The van der Waals surface area contributed by atoms with E-state index in [1.807, 2.05) is 48.5 Å². The molecule has 208 valence electrons. The van der Waals surface area contributed by atoms with Crippen molar-refractivity contribution in [1.82, 2.24) is 10.0 Å². The number of hydrazine groups is 1. The van der Waals surface area contributed by atoms with Crippen molar-refractivity contribution in [3.63, 3.8) is 0 Å². The smallest absolute Gasteiger partial charge is 0.274 e. The van der Waals surface area contributed by atoms with Gasteiger partial charge in [0, 0.05) is 26.9 Å². The summed E-state index contributed by atoms with van der Waals surface area (Å²) in [5.41, 5.74) is 4.39. The molecule has 3 aliphatic carbocycles. The van der Waals surface area contributed by atoms with Crippen molar-refractivity contribution in [1.29, 1.82) is 0 Å². The molecule has 1 fully saturated rings. The minimum atomic E-state index is -0.746. The second-order valence-corrected chi connectivity index (χ2v) is 12.4. The zero-order chi connectivity index (χ0) is 29.3. The second-order valence-electron chi connectivity index (χ2n) is 10.7. The Balaban J connectivity index is 1.34. The standard InChI is InChI=1S/C33H21BrCl2N2O4/c34-18-11-9-17(10-12-18)26(39)16-37(31(40)24-14-13-19(35)15-25(24)36)38-32(41)29-27-20-5-1-2-6-21(20)28(30(29)33(38)42)23-8-4-3-7-22(23)27/h1-15,27-30H,16H2/t27?,28?,29-,30-/m1/s1. The van der Waals surface area contributed by atoms with Crippen molar-refractivity contribution in [3.8, 4) is 0 Å². The molecule has 2 atom stereocenters. The summed E-state index contributed by atoms with van der Waals surface area (Å²) in [4.78, 5) is 56.4. The van der Waals surface area contributed by atoms with E-state index >= 15 is 0 Å². The number of rotatable bonds is 5. The van der Waals surface area contributed by atoms with E-state index in [2.05, 4.69) is 15.9 Å². The predicted octanol–water partition coefficient (Wildman–Crippen LogP) is 6.89. The van der Waals surface area contributed by atoms with E-state index in [0.717, 1.165) is 36.7 Å². The van der Waals surface area contributed by atoms with Gasteiger partial charge in [-0.1, -0.05) is 99.8 Å². The van der Waals surface area contributed by atoms with Gasteiger partial charge < -0.3 is 0 Å². The molecular formula is C33H21BrCl2N2O4. The lowest BCUT2D eigenvalue weighted by Gasteiger charge is -2.45. The molecule has 42 heavy (non-hydrogen) atoms. The van der Waals surface area contributed by atoms with Gasteiger partial charge in [-0.15, -0.1) is 0 Å². The Bertz CT molecular complexity index is 1710. The SMILES string of the molecule is O=C(CN(C(=O)c1ccc(Cl)cc1Cl)N1C(=O)[C@@H]2C3c4ccccc4C(c4ccccc43)[C@H]2C1=O)c1ccc(Br)cc1. The number of amides is 3. The average molecular weight is 660 g/mol. The zero-order valence-corrected chi connectivity index (χ0v) is 24.9. The lowest BCUT2D eigenvalue weighted by molar-refractivity contribution is -0.154. The number of ketones is 1. The molecule has 1 heterocycles. The van der Waals surface area contributed by atoms with E-state index in [1.54, 1.807) is 24.3 Å². The third kappa shape index (κ3) is 4.06. The maximum Gasteiger partial charge on any atom is 0.274 e. The highest BCUT2D eigenvalue weighted by molar-refractivity contribution is 9.10. The van der Waals surface area contributed by atoms with Gasteiger partial charge in [0.25, 0.3) is 17.7 Å². The molecule has 6 nitrogen and oxygen atoms in total. The molecule has 4 aromatic carbocycles. The summed E-state index contributed by atoms with van der Waals surface area (Å²) >= 11 is 15.8. The van der Waals surface area contributed by atoms with Gasteiger partial charge in [0.15, 0.2) is 5.78 Å². The Kier molecular flexibility index (Phi) is 6.57. The fourth-order valence-electron chi connectivity index (χ4n) is 6.80. The van der Waals surface area contributed by atoms with Crippen LogP contribution in [0.15, 0.2) is 95.5 Å². The molecule has 8 rings (SSSR count). The van der Waals surface area contributed by atoms with Gasteiger partial charge in [-0.2, -0.15) is 5.01 Å². The van der Waals surface area contributed by atoms with Gasteiger partial charge in [-0.05, 0) is 52.6 Å². The summed E-state index contributed by atoms with van der Waals surface area (Å²) in [7, 11) is 0. The van der Waals surface area contributed by atoms with Crippen LogP contribution in [-0.4, -0.2) is 40.1 Å². The minimum Gasteiger partial charge on any atom is -0.292 e. The summed E-state index contributed by atoms with van der Waals surface area (Å²) in [6.07, 6.45) is 0. The van der Waals surface area contributed by atoms with Crippen molar-refractivity contribution >= 4 is 62.6 Å². The fraction of sp³-hybridized carbons (Fsp3) is 0.152. The largest absolute Gasteiger partial charge is 0.292 e. The first-order valence-electron chi connectivity index (χ1n) is 13.4. The van der Waals surface area contributed by atoms with Crippen LogP contribution in [0.4, 0.5) is 0 Å². The molecule has 0 N–H and O–H groups in total. The Morgan fingerprint density at radius 3 is 1.71 bits per heavy atom. The van der Waals surface area contributed by atoms with Crippen LogP contribution in [0.5, 0.6) is 0 Å². The Hall–Kier alpha value is -3.78. The number of benzene rings is 4. The average Bonchev–Trinajstić information content (AvgIpc) is 3.25. The van der Waals surface area contributed by atoms with E-state index < -0.39 is 41.9 Å². The van der Waals surface area contributed by atoms with Crippen LogP contribution >= 0.6 is 39.1 Å². The Labute approximate surface area is 259 Å². The summed E-state index contributed by atoms with van der Waals surface area (Å²) in [6.45, 7) is -0.536. The van der Waals surface area contributed by atoms with Crippen LogP contribution in [0.25, 0.3) is 0 Å². The van der Waals surface area contributed by atoms with Gasteiger partial charge in [-0.3, -0.25) is 19.2 Å². The number of hydrogen-bond donors (Lipinski definition) is 0. The number of carbonyl (C=O) groups is 4. The maximum absolute atomic E-state index is 14.4. The molecule has 1 aliphatic heterocycles. The first-order chi connectivity index (χ1) is 20.3. The van der Waals surface area contributed by atoms with Gasteiger partial charge in [0.05, 0.1) is 22.4 Å². The van der Waals surface area contributed by atoms with Crippen LogP contribution < -0.4 is 0 Å². The molecule has 2 bridgehead atoms. The number of halogens is 3. The molecule has 0 saturated carbocycles. The molecule has 1 saturated heterocycles. The van der Waals surface area contributed by atoms with Crippen molar-refractivity contribution < 1.29 is 19.2 Å². The van der Waals surface area contributed by atoms with E-state index in [-0.39, 0.29) is 22.4 Å². The monoisotopic (exact) mass is 658 g/mol. The first-order valence-corrected chi connectivity index (χ1v) is 14.9. The highest BCUT2D eigenvalue weighted by Gasteiger charge is 2.63. The van der Waals surface area contributed by atoms with E-state index in [1.165, 1.54) is 18.2 Å². The number of carbonyl (C=O) groups excluding carboxylic acids is 4. The van der Waals surface area contributed by atoms with Crippen LogP contribution in [0, 0.1) is 11.8 Å². The van der Waals surface area contributed by atoms with Gasteiger partial charge in [-0.25, -0.2) is 5.01 Å². The normalized spacial score (nSPS) is 21.5. The molecule has 9 heteroatoms. The highest BCUT2D eigenvalue weighted by Crippen LogP contribution is 2.61. The second kappa shape index (κ2) is 10.2. The highest BCUT2D eigenvalue weighted by atomic mass is 79.9. The lowest BCUT2D eigenvalue weighted by atomic mass is 9.55. The minimum absolute atomic E-state index is 0.0229. The third-order valence-electron chi connectivity index (χ3n) is 8.52. The molecule has 0 unspecified atom stereocenters. The predicted molar refractivity (Wildman–Crippen MR) is 161 cm³/mol. The molecule has 4 aromatic rings. The summed E-state index contributed by atoms with van der Waals surface area (Å²) in [6, 6.07) is 26.8. The summed E-state index contributed by atoms with van der Waals surface area (Å²) < 4.78 is 0.781. The summed E-state index contributed by atoms with van der Waals surface area (Å²) in [5, 5.41) is 2.22. The van der Waals surface area contributed by atoms with Crippen LogP contribution in [0.2, 0.25) is 10.0 Å². The topological polar surface area (TPSA) is 74.8 Å². The van der Waals surface area contributed by atoms with Gasteiger partial charge >= 0.3 is 0 Å². The van der Waals surface area contributed by atoms with Crippen LogP contribution in [0.3, 0.4) is 0 Å². The number of nitrogens with zero attached hydrogens (tertiary/aromatic N) is 2. The van der Waals surface area contributed by atoms with Crippen molar-refractivity contribution in [2.45, 2.75) is 11.8 Å².